The molecule has 0 saturated heterocycles. The van der Waals surface area contributed by atoms with Gasteiger partial charge in [0.1, 0.15) is 0 Å². The number of para-hydroxylation sites is 1. The van der Waals surface area contributed by atoms with E-state index in [9.17, 15) is 12.6 Å². The molecule has 0 spiro atoms. The van der Waals surface area contributed by atoms with Gasteiger partial charge in [0.05, 0.1) is 0 Å². The Balaban J connectivity index is 2.35. The highest BCUT2D eigenvalue weighted by molar-refractivity contribution is 7.68. The van der Waals surface area contributed by atoms with Gasteiger partial charge in [0.15, 0.2) is 0 Å². The first kappa shape index (κ1) is 14.2. The zero-order valence-corrected chi connectivity index (χ0v) is 12.5. The summed E-state index contributed by atoms with van der Waals surface area (Å²) in [6.07, 6.45) is 1.78. The topological polar surface area (TPSA) is 4.93 Å². The Morgan fingerprint density at radius 2 is 1.67 bits per heavy atom. The standard InChI is InChI=1S/C16H14F3NP/c1-11-7-8-16(21(17,18)19)13(9-11)14-10-20(2)15-6-4-3-5-12(14)15/h3-10H,1-2H3/q+1. The summed E-state index contributed by atoms with van der Waals surface area (Å²) in [5, 5.41) is 0.366. The van der Waals surface area contributed by atoms with E-state index in [0.717, 1.165) is 16.5 Å². The summed E-state index contributed by atoms with van der Waals surface area (Å²) in [4.78, 5) is 0. The summed E-state index contributed by atoms with van der Waals surface area (Å²) < 4.78 is 42.0. The van der Waals surface area contributed by atoms with Crippen LogP contribution in [0.2, 0.25) is 0 Å². The molecule has 0 radical (unpaired) electrons. The van der Waals surface area contributed by atoms with Crippen molar-refractivity contribution in [2.45, 2.75) is 6.92 Å². The van der Waals surface area contributed by atoms with Crippen LogP contribution in [0.5, 0.6) is 0 Å². The van der Waals surface area contributed by atoms with Crippen molar-refractivity contribution in [3.8, 4) is 11.1 Å². The molecule has 0 aliphatic rings. The van der Waals surface area contributed by atoms with Gasteiger partial charge in [-0.05, 0) is 25.1 Å². The molecule has 1 heterocycles. The predicted octanol–water partition coefficient (Wildman–Crippen LogP) is 5.45. The fourth-order valence-electron chi connectivity index (χ4n) is 2.64. The van der Waals surface area contributed by atoms with Crippen LogP contribution >= 0.6 is 8.19 Å². The fraction of sp³-hybridized carbons (Fsp3) is 0.125. The van der Waals surface area contributed by atoms with E-state index < -0.39 is 13.5 Å². The average molecular weight is 308 g/mol. The molecule has 0 amide bonds. The minimum atomic E-state index is -5.57. The first-order chi connectivity index (χ1) is 9.88. The average Bonchev–Trinajstić information content (AvgIpc) is 2.75. The molecule has 3 aromatic rings. The number of halogens is 3. The van der Waals surface area contributed by atoms with E-state index in [1.54, 1.807) is 12.3 Å². The second-order valence-electron chi connectivity index (χ2n) is 5.14. The Bertz CT molecular complexity index is 818. The number of benzene rings is 2. The minimum Gasteiger partial charge on any atom is -0.350 e. The van der Waals surface area contributed by atoms with Crippen molar-refractivity contribution in [3.63, 3.8) is 0 Å². The van der Waals surface area contributed by atoms with E-state index in [-0.39, 0.29) is 5.56 Å². The van der Waals surface area contributed by atoms with Crippen LogP contribution < -0.4 is 5.30 Å². The van der Waals surface area contributed by atoms with Crippen molar-refractivity contribution >= 4 is 24.4 Å². The molecule has 5 heteroatoms. The van der Waals surface area contributed by atoms with Crippen LogP contribution in [0.3, 0.4) is 0 Å². The van der Waals surface area contributed by atoms with Crippen LogP contribution in [0, 0.1) is 6.92 Å². The molecule has 0 aliphatic heterocycles. The number of aromatic nitrogens is 1. The molecule has 108 valence electrons. The third-order valence-electron chi connectivity index (χ3n) is 3.61. The summed E-state index contributed by atoms with van der Waals surface area (Å²) in [5.74, 6) is 0. The molecule has 3 rings (SSSR count). The number of rotatable bonds is 2. The lowest BCUT2D eigenvalue weighted by Crippen LogP contribution is -2.05. The Labute approximate surface area is 121 Å². The quantitative estimate of drug-likeness (QED) is 0.555. The van der Waals surface area contributed by atoms with E-state index in [1.807, 2.05) is 42.8 Å². The maximum absolute atomic E-state index is 13.4. The second kappa shape index (κ2) is 4.88. The van der Waals surface area contributed by atoms with Crippen LogP contribution in [-0.4, -0.2) is 4.57 Å². The summed E-state index contributed by atoms with van der Waals surface area (Å²) >= 11 is 0. The van der Waals surface area contributed by atoms with Gasteiger partial charge in [-0.1, -0.05) is 29.8 Å². The highest BCUT2D eigenvalue weighted by Crippen LogP contribution is 2.64. The number of nitrogens with zero attached hydrogens (tertiary/aromatic N) is 1. The van der Waals surface area contributed by atoms with Crippen LogP contribution in [0.15, 0.2) is 48.7 Å². The highest BCUT2D eigenvalue weighted by Gasteiger charge is 2.49. The van der Waals surface area contributed by atoms with Gasteiger partial charge in [-0.2, -0.15) is 0 Å². The van der Waals surface area contributed by atoms with Gasteiger partial charge < -0.3 is 4.57 Å². The number of aryl methyl sites for hydroxylation is 2. The summed E-state index contributed by atoms with van der Waals surface area (Å²) in [7, 11) is -3.72. The molecular formula is C16H14F3NP+. The maximum Gasteiger partial charge on any atom is 0.602 e. The van der Waals surface area contributed by atoms with Crippen molar-refractivity contribution in [1.29, 1.82) is 0 Å². The van der Waals surface area contributed by atoms with Crippen molar-refractivity contribution in [2.75, 3.05) is 0 Å². The molecule has 0 N–H and O–H groups in total. The van der Waals surface area contributed by atoms with E-state index >= 15 is 0 Å². The van der Waals surface area contributed by atoms with Gasteiger partial charge in [-0.15, -0.1) is 0 Å². The third kappa shape index (κ3) is 2.44. The zero-order valence-electron chi connectivity index (χ0n) is 11.6. The van der Waals surface area contributed by atoms with E-state index in [2.05, 4.69) is 0 Å². The van der Waals surface area contributed by atoms with E-state index in [1.165, 1.54) is 12.1 Å². The first-order valence-electron chi connectivity index (χ1n) is 6.51. The lowest BCUT2D eigenvalue weighted by Gasteiger charge is -2.05. The predicted molar refractivity (Wildman–Crippen MR) is 83.0 cm³/mol. The van der Waals surface area contributed by atoms with Crippen molar-refractivity contribution in [2.24, 2.45) is 7.05 Å². The molecular weight excluding hydrogens is 294 g/mol. The SMILES string of the molecule is Cc1ccc([P+](F)(F)F)c(-c2cn(C)c3ccccc23)c1. The van der Waals surface area contributed by atoms with Gasteiger partial charge in [-0.25, -0.2) is 0 Å². The number of hydrogen-bond donors (Lipinski definition) is 0. The molecule has 0 aliphatic carbocycles. The molecule has 1 aromatic heterocycles. The molecule has 0 atom stereocenters. The Hall–Kier alpha value is -1.80. The van der Waals surface area contributed by atoms with Gasteiger partial charge in [0.2, 0.25) is 5.30 Å². The van der Waals surface area contributed by atoms with E-state index in [4.69, 9.17) is 0 Å². The van der Waals surface area contributed by atoms with Crippen LogP contribution in [0.25, 0.3) is 22.0 Å². The first-order valence-corrected chi connectivity index (χ1v) is 7.98. The molecule has 0 bridgehead atoms. The van der Waals surface area contributed by atoms with Crippen LogP contribution in [0.1, 0.15) is 5.56 Å². The number of hydrogen-bond acceptors (Lipinski definition) is 0. The van der Waals surface area contributed by atoms with Gasteiger partial charge in [0, 0.05) is 47.9 Å². The second-order valence-corrected chi connectivity index (χ2v) is 6.51. The summed E-state index contributed by atoms with van der Waals surface area (Å²) in [5.41, 5.74) is 2.69. The van der Waals surface area contributed by atoms with Crippen molar-refractivity contribution in [3.05, 3.63) is 54.2 Å². The van der Waals surface area contributed by atoms with Crippen LogP contribution in [-0.2, 0) is 7.05 Å². The largest absolute Gasteiger partial charge is 0.602 e. The van der Waals surface area contributed by atoms with Gasteiger partial charge in [0.25, 0.3) is 0 Å². The lowest BCUT2D eigenvalue weighted by atomic mass is 10.0. The highest BCUT2D eigenvalue weighted by atomic mass is 31.3. The Morgan fingerprint density at radius 1 is 0.952 bits per heavy atom. The summed E-state index contributed by atoms with van der Waals surface area (Å²) in [6.45, 7) is 1.81. The molecule has 1 nitrogen and oxygen atoms in total. The molecule has 0 fully saturated rings. The van der Waals surface area contributed by atoms with Crippen molar-refractivity contribution < 1.29 is 12.6 Å². The van der Waals surface area contributed by atoms with Crippen molar-refractivity contribution in [1.82, 2.24) is 4.57 Å². The normalized spacial score (nSPS) is 12.0. The minimum absolute atomic E-state index is 0.285. The smallest absolute Gasteiger partial charge is 0.350 e. The molecule has 0 saturated carbocycles. The van der Waals surface area contributed by atoms with Gasteiger partial charge in [-0.3, -0.25) is 0 Å². The van der Waals surface area contributed by atoms with Crippen LogP contribution in [0.4, 0.5) is 12.6 Å². The monoisotopic (exact) mass is 308 g/mol. The summed E-state index contributed by atoms with van der Waals surface area (Å²) in [6, 6.07) is 11.9. The Kier molecular flexibility index (Phi) is 3.29. The molecule has 0 unspecified atom stereocenters. The number of fused-ring (bicyclic) bond motifs is 1. The Morgan fingerprint density at radius 3 is 2.38 bits per heavy atom. The molecule has 2 aromatic carbocycles. The third-order valence-corrected chi connectivity index (χ3v) is 4.55. The fourth-order valence-corrected chi connectivity index (χ4v) is 3.34. The maximum atomic E-state index is 13.4. The zero-order chi connectivity index (χ0) is 15.2. The lowest BCUT2D eigenvalue weighted by molar-refractivity contribution is 0.608. The molecule has 21 heavy (non-hydrogen) atoms. The van der Waals surface area contributed by atoms with Gasteiger partial charge >= 0.3 is 8.19 Å². The van der Waals surface area contributed by atoms with E-state index in [0.29, 0.717) is 5.56 Å².